The highest BCUT2D eigenvalue weighted by molar-refractivity contribution is 6.09. The highest BCUT2D eigenvalue weighted by Gasteiger charge is 2.46. The molecule has 5 heteroatoms. The SMILES string of the molecule is CCC(=O)C1=C(O)C(=O)N(C2CCCC2)C1c1ccc(OC)cc1. The zero-order valence-corrected chi connectivity index (χ0v) is 14.1. The Bertz CT molecular complexity index is 671. The number of hydrogen-bond donors (Lipinski definition) is 1. The van der Waals surface area contributed by atoms with Crippen LogP contribution in [0.15, 0.2) is 35.6 Å². The van der Waals surface area contributed by atoms with Gasteiger partial charge in [0.05, 0.1) is 18.7 Å². The lowest BCUT2D eigenvalue weighted by Gasteiger charge is -2.32. The third-order valence-electron chi connectivity index (χ3n) is 5.01. The van der Waals surface area contributed by atoms with Gasteiger partial charge in [0.15, 0.2) is 11.5 Å². The second-order valence-corrected chi connectivity index (χ2v) is 6.37. The maximum atomic E-state index is 12.7. The summed E-state index contributed by atoms with van der Waals surface area (Å²) in [4.78, 5) is 26.8. The molecule has 0 spiro atoms. The summed E-state index contributed by atoms with van der Waals surface area (Å²) in [6, 6.07) is 6.93. The van der Waals surface area contributed by atoms with E-state index in [2.05, 4.69) is 0 Å². The van der Waals surface area contributed by atoms with Gasteiger partial charge in [-0.05, 0) is 30.5 Å². The number of rotatable bonds is 5. The van der Waals surface area contributed by atoms with Gasteiger partial charge in [-0.25, -0.2) is 0 Å². The maximum absolute atomic E-state index is 12.7. The van der Waals surface area contributed by atoms with Crippen molar-refractivity contribution in [1.82, 2.24) is 4.90 Å². The molecule has 1 heterocycles. The summed E-state index contributed by atoms with van der Waals surface area (Å²) in [7, 11) is 1.59. The lowest BCUT2D eigenvalue weighted by atomic mass is 9.94. The van der Waals surface area contributed by atoms with Gasteiger partial charge in [0.1, 0.15) is 5.75 Å². The number of amides is 1. The Morgan fingerprint density at radius 2 is 1.88 bits per heavy atom. The second-order valence-electron chi connectivity index (χ2n) is 6.37. The lowest BCUT2D eigenvalue weighted by molar-refractivity contribution is -0.131. The van der Waals surface area contributed by atoms with Gasteiger partial charge >= 0.3 is 0 Å². The molecular formula is C19H23NO4. The first-order valence-corrected chi connectivity index (χ1v) is 8.51. The third kappa shape index (κ3) is 2.68. The number of hydrogen-bond acceptors (Lipinski definition) is 4. The van der Waals surface area contributed by atoms with Crippen LogP contribution in [0.25, 0.3) is 0 Å². The van der Waals surface area contributed by atoms with Gasteiger partial charge in [-0.15, -0.1) is 0 Å². The molecule has 24 heavy (non-hydrogen) atoms. The Morgan fingerprint density at radius 1 is 1.25 bits per heavy atom. The Labute approximate surface area is 141 Å². The van der Waals surface area contributed by atoms with Crippen molar-refractivity contribution in [2.45, 2.75) is 51.1 Å². The fourth-order valence-electron chi connectivity index (χ4n) is 3.77. The van der Waals surface area contributed by atoms with Gasteiger partial charge in [-0.3, -0.25) is 9.59 Å². The van der Waals surface area contributed by atoms with E-state index in [4.69, 9.17) is 4.74 Å². The summed E-state index contributed by atoms with van der Waals surface area (Å²) >= 11 is 0. The van der Waals surface area contributed by atoms with Gasteiger partial charge in [0, 0.05) is 12.5 Å². The highest BCUT2D eigenvalue weighted by atomic mass is 16.5. The predicted molar refractivity (Wildman–Crippen MR) is 89.8 cm³/mol. The van der Waals surface area contributed by atoms with Crippen LogP contribution in [0.4, 0.5) is 0 Å². The molecule has 0 bridgehead atoms. The van der Waals surface area contributed by atoms with Crippen LogP contribution in [0, 0.1) is 0 Å². The molecule has 1 aliphatic carbocycles. The van der Waals surface area contributed by atoms with Crippen LogP contribution in [-0.4, -0.2) is 34.8 Å². The normalized spacial score (nSPS) is 21.7. The number of carbonyl (C=O) groups is 2. The number of Topliss-reactive ketones (excluding diaryl/α,β-unsaturated/α-hetero) is 1. The van der Waals surface area contributed by atoms with Crippen LogP contribution in [0.3, 0.4) is 0 Å². The van der Waals surface area contributed by atoms with Crippen LogP contribution in [-0.2, 0) is 9.59 Å². The molecule has 1 saturated carbocycles. The molecule has 1 aliphatic heterocycles. The molecule has 128 valence electrons. The fraction of sp³-hybridized carbons (Fsp3) is 0.474. The Balaban J connectivity index is 2.05. The van der Waals surface area contributed by atoms with E-state index in [1.807, 2.05) is 24.3 Å². The summed E-state index contributed by atoms with van der Waals surface area (Å²) in [5.41, 5.74) is 1.07. The van der Waals surface area contributed by atoms with Crippen molar-refractivity contribution in [2.75, 3.05) is 7.11 Å². The number of ketones is 1. The number of carbonyl (C=O) groups excluding carboxylic acids is 2. The quantitative estimate of drug-likeness (QED) is 0.900. The van der Waals surface area contributed by atoms with Crippen LogP contribution < -0.4 is 4.74 Å². The van der Waals surface area contributed by atoms with E-state index in [0.29, 0.717) is 5.75 Å². The number of aliphatic hydroxyl groups is 1. The zero-order chi connectivity index (χ0) is 17.3. The summed E-state index contributed by atoms with van der Waals surface area (Å²) < 4.78 is 5.19. The molecule has 1 atom stereocenters. The number of ether oxygens (including phenoxy) is 1. The van der Waals surface area contributed by atoms with Gasteiger partial charge in [-0.2, -0.15) is 0 Å². The number of aliphatic hydroxyl groups excluding tert-OH is 1. The van der Waals surface area contributed by atoms with E-state index in [0.717, 1.165) is 31.2 Å². The zero-order valence-electron chi connectivity index (χ0n) is 14.1. The standard InChI is InChI=1S/C19H23NO4/c1-3-15(21)16-17(12-8-10-14(24-2)11-9-12)20(19(23)18(16)22)13-6-4-5-7-13/h8-11,13,17,22H,3-7H2,1-2H3. The first-order valence-electron chi connectivity index (χ1n) is 8.51. The van der Waals surface area contributed by atoms with E-state index in [1.54, 1.807) is 18.9 Å². The topological polar surface area (TPSA) is 66.8 Å². The molecule has 1 fully saturated rings. The minimum absolute atomic E-state index is 0.0777. The van der Waals surface area contributed by atoms with E-state index < -0.39 is 11.9 Å². The van der Waals surface area contributed by atoms with Crippen LogP contribution in [0.1, 0.15) is 50.6 Å². The molecule has 3 rings (SSSR count). The molecular weight excluding hydrogens is 306 g/mol. The minimum atomic E-state index is -0.501. The summed E-state index contributed by atoms with van der Waals surface area (Å²) in [6.07, 6.45) is 4.24. The van der Waals surface area contributed by atoms with Crippen molar-refractivity contribution in [3.8, 4) is 5.75 Å². The van der Waals surface area contributed by atoms with Crippen molar-refractivity contribution in [2.24, 2.45) is 0 Å². The molecule has 1 N–H and O–H groups in total. The summed E-state index contributed by atoms with van der Waals surface area (Å²) in [6.45, 7) is 1.75. The van der Waals surface area contributed by atoms with E-state index >= 15 is 0 Å². The van der Waals surface area contributed by atoms with E-state index in [1.165, 1.54) is 0 Å². The Kier molecular flexibility index (Phi) is 4.60. The number of nitrogens with zero attached hydrogens (tertiary/aromatic N) is 1. The average Bonchev–Trinajstić information content (AvgIpc) is 3.22. The van der Waals surface area contributed by atoms with Gasteiger partial charge < -0.3 is 14.7 Å². The van der Waals surface area contributed by atoms with Gasteiger partial charge in [-0.1, -0.05) is 31.9 Å². The Hall–Kier alpha value is -2.30. The lowest BCUT2D eigenvalue weighted by Crippen LogP contribution is -2.38. The van der Waals surface area contributed by atoms with Crippen molar-refractivity contribution in [3.05, 3.63) is 41.2 Å². The van der Waals surface area contributed by atoms with Gasteiger partial charge in [0.25, 0.3) is 5.91 Å². The van der Waals surface area contributed by atoms with Crippen LogP contribution in [0.2, 0.25) is 0 Å². The molecule has 1 aromatic carbocycles. The summed E-state index contributed by atoms with van der Waals surface area (Å²) in [5.74, 6) is -0.261. The highest BCUT2D eigenvalue weighted by Crippen LogP contribution is 2.42. The van der Waals surface area contributed by atoms with Gasteiger partial charge in [0.2, 0.25) is 0 Å². The monoisotopic (exact) mass is 329 g/mol. The molecule has 0 saturated heterocycles. The predicted octanol–water partition coefficient (Wildman–Crippen LogP) is 3.31. The first kappa shape index (κ1) is 16.6. The molecule has 0 aromatic heterocycles. The largest absolute Gasteiger partial charge is 0.503 e. The summed E-state index contributed by atoms with van der Waals surface area (Å²) in [5, 5.41) is 10.4. The molecule has 2 aliphatic rings. The molecule has 0 radical (unpaired) electrons. The average molecular weight is 329 g/mol. The first-order chi connectivity index (χ1) is 11.6. The van der Waals surface area contributed by atoms with Crippen LogP contribution >= 0.6 is 0 Å². The maximum Gasteiger partial charge on any atom is 0.290 e. The van der Waals surface area contributed by atoms with E-state index in [9.17, 15) is 14.7 Å². The minimum Gasteiger partial charge on any atom is -0.503 e. The van der Waals surface area contributed by atoms with Crippen molar-refractivity contribution >= 4 is 11.7 Å². The van der Waals surface area contributed by atoms with Crippen molar-refractivity contribution in [3.63, 3.8) is 0 Å². The number of benzene rings is 1. The van der Waals surface area contributed by atoms with Crippen LogP contribution in [0.5, 0.6) is 5.75 Å². The second kappa shape index (κ2) is 6.67. The van der Waals surface area contributed by atoms with E-state index in [-0.39, 0.29) is 29.6 Å². The molecule has 1 unspecified atom stereocenters. The molecule has 5 nitrogen and oxygen atoms in total. The molecule has 1 amide bonds. The smallest absolute Gasteiger partial charge is 0.290 e. The molecule has 1 aromatic rings. The third-order valence-corrected chi connectivity index (χ3v) is 5.01. The number of methoxy groups -OCH3 is 1. The van der Waals surface area contributed by atoms with Crippen molar-refractivity contribution in [1.29, 1.82) is 0 Å². The Morgan fingerprint density at radius 3 is 2.42 bits per heavy atom. The van der Waals surface area contributed by atoms with Crippen molar-refractivity contribution < 1.29 is 19.4 Å². The fourth-order valence-corrected chi connectivity index (χ4v) is 3.77.